The topological polar surface area (TPSA) is 105 Å². The molecule has 0 saturated carbocycles. The van der Waals surface area contributed by atoms with Crippen LogP contribution in [0.4, 0.5) is 4.79 Å². The number of carbonyl (C=O) groups excluding carboxylic acids is 1. The van der Waals surface area contributed by atoms with E-state index in [2.05, 4.69) is 10.6 Å². The number of nitrogens with one attached hydrogen (secondary N) is 2. The Kier molecular flexibility index (Phi) is 3.87. The maximum atomic E-state index is 11.4. The monoisotopic (exact) mass is 264 g/mol. The van der Waals surface area contributed by atoms with Crippen LogP contribution in [-0.2, 0) is 13.1 Å². The second-order valence-electron chi connectivity index (χ2n) is 3.69. The lowest BCUT2D eigenvalue weighted by molar-refractivity contribution is 0.0660. The first-order valence-corrected chi connectivity index (χ1v) is 5.51. The SMILES string of the molecule is O=C(NCc1ccco1)NCc1ccc(C(=O)O)o1. The fraction of sp³-hybridized carbons (Fsp3) is 0.167. The average molecular weight is 264 g/mol. The molecule has 0 atom stereocenters. The van der Waals surface area contributed by atoms with Crippen LogP contribution in [0.3, 0.4) is 0 Å². The second kappa shape index (κ2) is 5.76. The van der Waals surface area contributed by atoms with Gasteiger partial charge in [-0.2, -0.15) is 0 Å². The van der Waals surface area contributed by atoms with Gasteiger partial charge in [-0.15, -0.1) is 0 Å². The molecule has 3 N–H and O–H groups in total. The highest BCUT2D eigenvalue weighted by Gasteiger charge is 2.09. The molecule has 0 fully saturated rings. The maximum Gasteiger partial charge on any atom is 0.371 e. The largest absolute Gasteiger partial charge is 0.475 e. The number of rotatable bonds is 5. The highest BCUT2D eigenvalue weighted by atomic mass is 16.4. The number of furan rings is 2. The van der Waals surface area contributed by atoms with E-state index in [0.717, 1.165) is 0 Å². The van der Waals surface area contributed by atoms with E-state index in [1.54, 1.807) is 12.1 Å². The first-order valence-electron chi connectivity index (χ1n) is 5.51. The Hall–Kier alpha value is -2.70. The molecule has 7 heteroatoms. The van der Waals surface area contributed by atoms with Crippen molar-refractivity contribution in [2.75, 3.05) is 0 Å². The maximum absolute atomic E-state index is 11.4. The highest BCUT2D eigenvalue weighted by Crippen LogP contribution is 2.07. The van der Waals surface area contributed by atoms with Crippen molar-refractivity contribution >= 4 is 12.0 Å². The van der Waals surface area contributed by atoms with Gasteiger partial charge in [0.2, 0.25) is 5.76 Å². The molecule has 0 bridgehead atoms. The number of hydrogen-bond acceptors (Lipinski definition) is 4. The Morgan fingerprint density at radius 1 is 1.11 bits per heavy atom. The third-order valence-corrected chi connectivity index (χ3v) is 2.30. The second-order valence-corrected chi connectivity index (χ2v) is 3.69. The van der Waals surface area contributed by atoms with Crippen LogP contribution in [-0.4, -0.2) is 17.1 Å². The van der Waals surface area contributed by atoms with Gasteiger partial charge in [0.1, 0.15) is 11.5 Å². The Balaban J connectivity index is 1.75. The lowest BCUT2D eigenvalue weighted by atomic mass is 10.4. The average Bonchev–Trinajstić information content (AvgIpc) is 3.05. The zero-order valence-electron chi connectivity index (χ0n) is 9.88. The van der Waals surface area contributed by atoms with Crippen LogP contribution in [0.2, 0.25) is 0 Å². The van der Waals surface area contributed by atoms with Gasteiger partial charge in [-0.25, -0.2) is 9.59 Å². The van der Waals surface area contributed by atoms with E-state index in [0.29, 0.717) is 11.5 Å². The molecule has 100 valence electrons. The molecular formula is C12H12N2O5. The number of aromatic carboxylic acids is 1. The summed E-state index contributed by atoms with van der Waals surface area (Å²) < 4.78 is 10.0. The minimum absolute atomic E-state index is 0.108. The third kappa shape index (κ3) is 3.63. The van der Waals surface area contributed by atoms with Crippen LogP contribution < -0.4 is 10.6 Å². The van der Waals surface area contributed by atoms with Crippen molar-refractivity contribution in [3.63, 3.8) is 0 Å². The molecule has 2 amide bonds. The summed E-state index contributed by atoms with van der Waals surface area (Å²) in [6.07, 6.45) is 1.52. The van der Waals surface area contributed by atoms with E-state index in [-0.39, 0.29) is 18.8 Å². The van der Waals surface area contributed by atoms with Crippen molar-refractivity contribution in [1.82, 2.24) is 10.6 Å². The van der Waals surface area contributed by atoms with Crippen LogP contribution in [0.1, 0.15) is 22.1 Å². The molecule has 19 heavy (non-hydrogen) atoms. The molecule has 2 aromatic heterocycles. The van der Waals surface area contributed by atoms with Gasteiger partial charge in [0.05, 0.1) is 19.4 Å². The molecular weight excluding hydrogens is 252 g/mol. The molecule has 2 aromatic rings. The lowest BCUT2D eigenvalue weighted by Crippen LogP contribution is -2.34. The first kappa shape index (κ1) is 12.7. The van der Waals surface area contributed by atoms with Gasteiger partial charge in [0, 0.05) is 0 Å². The standard InChI is InChI=1S/C12H12N2O5/c15-11(16)10-4-3-9(19-10)7-14-12(17)13-6-8-2-1-5-18-8/h1-5H,6-7H2,(H,15,16)(H2,13,14,17). The van der Waals surface area contributed by atoms with Crippen LogP contribution in [0.5, 0.6) is 0 Å². The Labute approximate surface area is 108 Å². The molecule has 0 saturated heterocycles. The van der Waals surface area contributed by atoms with Crippen molar-refractivity contribution in [3.8, 4) is 0 Å². The minimum Gasteiger partial charge on any atom is -0.475 e. The molecule has 0 aliphatic heterocycles. The molecule has 0 aliphatic rings. The first-order chi connectivity index (χ1) is 9.15. The molecule has 0 aliphatic carbocycles. The number of amides is 2. The quantitative estimate of drug-likeness (QED) is 0.760. The van der Waals surface area contributed by atoms with E-state index >= 15 is 0 Å². The fourth-order valence-corrected chi connectivity index (χ4v) is 1.40. The van der Waals surface area contributed by atoms with E-state index in [1.807, 2.05) is 0 Å². The summed E-state index contributed by atoms with van der Waals surface area (Å²) in [5, 5.41) is 13.8. The molecule has 0 unspecified atom stereocenters. The summed E-state index contributed by atoms with van der Waals surface area (Å²) >= 11 is 0. The number of carboxylic acids is 1. The van der Waals surface area contributed by atoms with Gasteiger partial charge in [-0.05, 0) is 24.3 Å². The number of hydrogen-bond donors (Lipinski definition) is 3. The summed E-state index contributed by atoms with van der Waals surface area (Å²) in [4.78, 5) is 22.0. The van der Waals surface area contributed by atoms with Crippen LogP contribution in [0.25, 0.3) is 0 Å². The minimum atomic E-state index is -1.14. The van der Waals surface area contributed by atoms with Gasteiger partial charge in [-0.1, -0.05) is 0 Å². The van der Waals surface area contributed by atoms with Crippen molar-refractivity contribution < 1.29 is 23.5 Å². The van der Waals surface area contributed by atoms with Crippen molar-refractivity contribution in [2.45, 2.75) is 13.1 Å². The van der Waals surface area contributed by atoms with Gasteiger partial charge in [0.15, 0.2) is 0 Å². The zero-order chi connectivity index (χ0) is 13.7. The van der Waals surface area contributed by atoms with Gasteiger partial charge >= 0.3 is 12.0 Å². The third-order valence-electron chi connectivity index (χ3n) is 2.30. The van der Waals surface area contributed by atoms with Crippen molar-refractivity contribution in [3.05, 3.63) is 47.8 Å². The highest BCUT2D eigenvalue weighted by molar-refractivity contribution is 5.84. The number of carboxylic acid groups (broad SMARTS) is 1. The zero-order valence-corrected chi connectivity index (χ0v) is 9.88. The summed E-state index contributed by atoms with van der Waals surface area (Å²) in [5.41, 5.74) is 0. The van der Waals surface area contributed by atoms with E-state index < -0.39 is 12.0 Å². The normalized spacial score (nSPS) is 10.1. The van der Waals surface area contributed by atoms with E-state index in [9.17, 15) is 9.59 Å². The predicted octanol–water partition coefficient (Wildman–Crippen LogP) is 1.57. The Bertz CT molecular complexity index is 558. The van der Waals surface area contributed by atoms with Crippen LogP contribution >= 0.6 is 0 Å². The molecule has 0 radical (unpaired) electrons. The van der Waals surface area contributed by atoms with Gasteiger partial charge in [0.25, 0.3) is 0 Å². The molecule has 7 nitrogen and oxygen atoms in total. The lowest BCUT2D eigenvalue weighted by Gasteiger charge is -2.04. The van der Waals surface area contributed by atoms with Crippen molar-refractivity contribution in [1.29, 1.82) is 0 Å². The fourth-order valence-electron chi connectivity index (χ4n) is 1.40. The van der Waals surface area contributed by atoms with Crippen LogP contribution in [0, 0.1) is 0 Å². The smallest absolute Gasteiger partial charge is 0.371 e. The number of carbonyl (C=O) groups is 2. The van der Waals surface area contributed by atoms with E-state index in [1.165, 1.54) is 18.4 Å². The van der Waals surface area contributed by atoms with Gasteiger partial charge in [-0.3, -0.25) is 0 Å². The summed E-state index contributed by atoms with van der Waals surface area (Å²) in [6.45, 7) is 0.384. The summed E-state index contributed by atoms with van der Waals surface area (Å²) in [5.74, 6) is -0.298. The Morgan fingerprint density at radius 3 is 2.42 bits per heavy atom. The Morgan fingerprint density at radius 2 is 1.84 bits per heavy atom. The van der Waals surface area contributed by atoms with Crippen molar-refractivity contribution in [2.24, 2.45) is 0 Å². The predicted molar refractivity (Wildman–Crippen MR) is 63.5 cm³/mol. The summed E-state index contributed by atoms with van der Waals surface area (Å²) in [6, 6.07) is 5.90. The van der Waals surface area contributed by atoms with E-state index in [4.69, 9.17) is 13.9 Å². The molecule has 0 aromatic carbocycles. The molecule has 0 spiro atoms. The number of urea groups is 1. The molecule has 2 rings (SSSR count). The van der Waals surface area contributed by atoms with Gasteiger partial charge < -0.3 is 24.6 Å². The summed E-state index contributed by atoms with van der Waals surface area (Å²) in [7, 11) is 0. The van der Waals surface area contributed by atoms with Crippen LogP contribution in [0.15, 0.2) is 39.4 Å². The molecule has 2 heterocycles.